The summed E-state index contributed by atoms with van der Waals surface area (Å²) in [6, 6.07) is -0.314. The van der Waals surface area contributed by atoms with Crippen molar-refractivity contribution >= 4 is 18.3 Å². The van der Waals surface area contributed by atoms with Gasteiger partial charge in [0.2, 0.25) is 5.89 Å². The number of hydrogen-bond acceptors (Lipinski definition) is 5. The molecule has 1 saturated carbocycles. The molecule has 0 saturated heterocycles. The van der Waals surface area contributed by atoms with Crippen molar-refractivity contribution in [3.63, 3.8) is 0 Å². The van der Waals surface area contributed by atoms with E-state index in [1.54, 1.807) is 0 Å². The van der Waals surface area contributed by atoms with E-state index in [0.29, 0.717) is 11.8 Å². The smallest absolute Gasteiger partial charge is 0.408 e. The van der Waals surface area contributed by atoms with Crippen LogP contribution >= 0.6 is 12.2 Å². The van der Waals surface area contributed by atoms with E-state index in [2.05, 4.69) is 15.5 Å². The fourth-order valence-corrected chi connectivity index (χ4v) is 2.95. The highest BCUT2D eigenvalue weighted by Gasteiger charge is 2.27. The number of alkyl carbamates (subject to hydrolysis) is 1. The molecule has 0 bridgehead atoms. The Kier molecular flexibility index (Phi) is 5.61. The van der Waals surface area contributed by atoms with E-state index in [4.69, 9.17) is 21.4 Å². The Hall–Kier alpha value is -1.37. The monoisotopic (exact) mass is 327 g/mol. The third-order valence-electron chi connectivity index (χ3n) is 3.74. The lowest BCUT2D eigenvalue weighted by molar-refractivity contribution is 0.0484. The Bertz CT molecular complexity index is 541. The fourth-order valence-electron chi connectivity index (χ4n) is 2.82. The van der Waals surface area contributed by atoms with Crippen molar-refractivity contribution in [1.29, 1.82) is 0 Å². The van der Waals surface area contributed by atoms with Gasteiger partial charge in [-0.15, -0.1) is 5.10 Å². The maximum atomic E-state index is 12.1. The molecule has 1 aromatic heterocycles. The van der Waals surface area contributed by atoms with Gasteiger partial charge in [0.15, 0.2) is 0 Å². The lowest BCUT2D eigenvalue weighted by atomic mass is 9.85. The second-order valence-corrected chi connectivity index (χ2v) is 7.26. The summed E-state index contributed by atoms with van der Waals surface area (Å²) in [6.45, 7) is 5.51. The van der Waals surface area contributed by atoms with Crippen molar-refractivity contribution in [2.45, 2.75) is 70.9 Å². The molecule has 0 unspecified atom stereocenters. The standard InChI is InChI=1S/C15H25N3O3S/c1-15(2,3)21-13(19)16-11(12-17-18-14(22)20-12)9-10-7-5-4-6-8-10/h10-11H,4-9H2,1-3H3,(H,16,19)(H,18,22)/t11-/m0/s1. The first-order valence-electron chi connectivity index (χ1n) is 7.88. The van der Waals surface area contributed by atoms with Crippen LogP contribution < -0.4 is 5.32 Å². The summed E-state index contributed by atoms with van der Waals surface area (Å²) in [5.41, 5.74) is -0.536. The van der Waals surface area contributed by atoms with Crippen LogP contribution in [0.1, 0.15) is 71.2 Å². The van der Waals surface area contributed by atoms with E-state index in [-0.39, 0.29) is 10.9 Å². The molecule has 6 nitrogen and oxygen atoms in total. The van der Waals surface area contributed by atoms with Gasteiger partial charge in [0.1, 0.15) is 11.6 Å². The van der Waals surface area contributed by atoms with Crippen LogP contribution in [0.5, 0.6) is 0 Å². The highest BCUT2D eigenvalue weighted by atomic mass is 32.1. The predicted octanol–water partition coefficient (Wildman–Crippen LogP) is 4.27. The van der Waals surface area contributed by atoms with Crippen molar-refractivity contribution in [3.8, 4) is 0 Å². The van der Waals surface area contributed by atoms with Gasteiger partial charge in [-0.3, -0.25) is 0 Å². The molecule has 1 heterocycles. The van der Waals surface area contributed by atoms with Gasteiger partial charge in [-0.25, -0.2) is 9.89 Å². The number of nitrogens with zero attached hydrogens (tertiary/aromatic N) is 1. The van der Waals surface area contributed by atoms with Crippen LogP contribution in [0.25, 0.3) is 0 Å². The van der Waals surface area contributed by atoms with Crippen LogP contribution in [0.15, 0.2) is 4.42 Å². The minimum atomic E-state index is -0.536. The molecule has 0 spiro atoms. The molecule has 1 atom stereocenters. The minimum Gasteiger partial charge on any atom is -0.444 e. The number of aromatic nitrogens is 2. The quantitative estimate of drug-likeness (QED) is 0.807. The number of nitrogens with one attached hydrogen (secondary N) is 2. The Morgan fingerprint density at radius 3 is 2.68 bits per heavy atom. The average Bonchev–Trinajstić information content (AvgIpc) is 2.84. The van der Waals surface area contributed by atoms with E-state index in [1.165, 1.54) is 32.1 Å². The number of ether oxygens (including phenoxy) is 1. The summed E-state index contributed by atoms with van der Waals surface area (Å²) in [6.07, 6.45) is 6.47. The highest BCUT2D eigenvalue weighted by Crippen LogP contribution is 2.31. The van der Waals surface area contributed by atoms with Crippen LogP contribution in [0.3, 0.4) is 0 Å². The van der Waals surface area contributed by atoms with Crippen LogP contribution in [-0.2, 0) is 4.74 Å². The van der Waals surface area contributed by atoms with Gasteiger partial charge < -0.3 is 14.5 Å². The average molecular weight is 327 g/mol. The maximum absolute atomic E-state index is 12.1. The first-order valence-corrected chi connectivity index (χ1v) is 8.29. The number of H-pyrrole nitrogens is 1. The SMILES string of the molecule is CC(C)(C)OC(=O)N[C@@H](CC1CCCCC1)c1n[nH]c(=S)o1. The molecule has 1 aliphatic rings. The number of carbonyl (C=O) groups is 1. The lowest BCUT2D eigenvalue weighted by Gasteiger charge is -2.26. The number of carbonyl (C=O) groups excluding carboxylic acids is 1. The Balaban J connectivity index is 2.04. The normalized spacial score (nSPS) is 18.0. The molecule has 7 heteroatoms. The van der Waals surface area contributed by atoms with E-state index in [1.807, 2.05) is 20.8 Å². The zero-order valence-electron chi connectivity index (χ0n) is 13.5. The van der Waals surface area contributed by atoms with Crippen molar-refractivity contribution in [2.24, 2.45) is 5.92 Å². The molecule has 1 aliphatic carbocycles. The molecule has 1 aromatic rings. The summed E-state index contributed by atoms with van der Waals surface area (Å²) >= 11 is 4.93. The molecule has 1 amide bonds. The van der Waals surface area contributed by atoms with Gasteiger partial charge >= 0.3 is 6.09 Å². The van der Waals surface area contributed by atoms with Gasteiger partial charge in [-0.2, -0.15) is 0 Å². The molecule has 0 aliphatic heterocycles. The Labute approximate surface area is 136 Å². The summed E-state index contributed by atoms with van der Waals surface area (Å²) in [7, 11) is 0. The Morgan fingerprint density at radius 1 is 1.45 bits per heavy atom. The fraction of sp³-hybridized carbons (Fsp3) is 0.800. The zero-order valence-corrected chi connectivity index (χ0v) is 14.3. The van der Waals surface area contributed by atoms with Crippen molar-refractivity contribution < 1.29 is 13.9 Å². The lowest BCUT2D eigenvalue weighted by Crippen LogP contribution is -2.36. The van der Waals surface area contributed by atoms with Gasteiger partial charge in [0.05, 0.1) is 0 Å². The summed E-state index contributed by atoms with van der Waals surface area (Å²) in [4.78, 5) is 12.3. The molecule has 124 valence electrons. The van der Waals surface area contributed by atoms with Crippen LogP contribution in [0, 0.1) is 10.8 Å². The van der Waals surface area contributed by atoms with Crippen molar-refractivity contribution in [1.82, 2.24) is 15.5 Å². The predicted molar refractivity (Wildman–Crippen MR) is 85.0 cm³/mol. The number of aromatic amines is 1. The third-order valence-corrected chi connectivity index (χ3v) is 3.91. The second kappa shape index (κ2) is 7.26. The molecule has 0 radical (unpaired) electrons. The van der Waals surface area contributed by atoms with Gasteiger partial charge in [-0.05, 0) is 45.3 Å². The number of amides is 1. The molecular formula is C15H25N3O3S. The van der Waals surface area contributed by atoms with E-state index in [9.17, 15) is 4.79 Å². The Morgan fingerprint density at radius 2 is 2.14 bits per heavy atom. The number of hydrogen-bond donors (Lipinski definition) is 2. The van der Waals surface area contributed by atoms with E-state index >= 15 is 0 Å². The molecule has 22 heavy (non-hydrogen) atoms. The van der Waals surface area contributed by atoms with Crippen LogP contribution in [-0.4, -0.2) is 21.9 Å². The minimum absolute atomic E-state index is 0.217. The molecular weight excluding hydrogens is 302 g/mol. The largest absolute Gasteiger partial charge is 0.444 e. The summed E-state index contributed by atoms with van der Waals surface area (Å²) in [5, 5.41) is 9.55. The summed E-state index contributed by atoms with van der Waals surface area (Å²) in [5.74, 6) is 0.982. The van der Waals surface area contributed by atoms with Gasteiger partial charge in [0, 0.05) is 0 Å². The topological polar surface area (TPSA) is 80.1 Å². The maximum Gasteiger partial charge on any atom is 0.408 e. The molecule has 2 N–H and O–H groups in total. The highest BCUT2D eigenvalue weighted by molar-refractivity contribution is 7.71. The number of rotatable bonds is 4. The van der Waals surface area contributed by atoms with Crippen LogP contribution in [0.2, 0.25) is 0 Å². The zero-order chi connectivity index (χ0) is 16.2. The first kappa shape index (κ1) is 17.0. The summed E-state index contributed by atoms with van der Waals surface area (Å²) < 4.78 is 10.7. The third kappa shape index (κ3) is 5.44. The first-order chi connectivity index (χ1) is 10.3. The van der Waals surface area contributed by atoms with Crippen molar-refractivity contribution in [3.05, 3.63) is 10.7 Å². The van der Waals surface area contributed by atoms with Gasteiger partial charge in [-0.1, -0.05) is 32.1 Å². The van der Waals surface area contributed by atoms with E-state index < -0.39 is 11.7 Å². The van der Waals surface area contributed by atoms with E-state index in [0.717, 1.165) is 6.42 Å². The van der Waals surface area contributed by atoms with Gasteiger partial charge in [0.25, 0.3) is 4.84 Å². The molecule has 0 aromatic carbocycles. The molecule has 1 fully saturated rings. The molecule has 2 rings (SSSR count). The second-order valence-electron chi connectivity index (χ2n) is 6.89. The van der Waals surface area contributed by atoms with Crippen LogP contribution in [0.4, 0.5) is 4.79 Å². The van der Waals surface area contributed by atoms with Crippen molar-refractivity contribution in [2.75, 3.05) is 0 Å².